The van der Waals surface area contributed by atoms with Crippen LogP contribution >= 0.6 is 0 Å². The van der Waals surface area contributed by atoms with E-state index in [1.54, 1.807) is 21.5 Å². The normalized spacial score (nSPS) is 19.1. The molecule has 0 heterocycles. The van der Waals surface area contributed by atoms with Crippen LogP contribution in [0.3, 0.4) is 0 Å². The van der Waals surface area contributed by atoms with Crippen LogP contribution in [-0.4, -0.2) is 16.1 Å². The number of allylic oxidation sites excluding steroid dienone is 2. The van der Waals surface area contributed by atoms with E-state index in [2.05, 4.69) is 100.0 Å². The van der Waals surface area contributed by atoms with E-state index < -0.39 is 16.1 Å². The molecule has 6 heteroatoms. The first-order chi connectivity index (χ1) is 12.7. The summed E-state index contributed by atoms with van der Waals surface area (Å²) >= 11 is 0.149. The summed E-state index contributed by atoms with van der Waals surface area (Å²) in [4.78, 5) is 0. The summed E-state index contributed by atoms with van der Waals surface area (Å²) in [7, 11) is -2.68. The van der Waals surface area contributed by atoms with Crippen molar-refractivity contribution in [2.24, 2.45) is 0 Å². The zero-order valence-corrected chi connectivity index (χ0v) is 24.2. The number of halogens is 3. The second-order valence-electron chi connectivity index (χ2n) is 9.91. The van der Waals surface area contributed by atoms with E-state index in [4.69, 9.17) is 0 Å². The van der Waals surface area contributed by atoms with Gasteiger partial charge in [0.25, 0.3) is 0 Å². The van der Waals surface area contributed by atoms with Crippen molar-refractivity contribution in [2.75, 3.05) is 0 Å². The monoisotopic (exact) mass is 530 g/mol. The summed E-state index contributed by atoms with van der Waals surface area (Å²) < 4.78 is 1.36. The molecule has 0 saturated carbocycles. The van der Waals surface area contributed by atoms with E-state index in [0.29, 0.717) is 9.26 Å². The van der Waals surface area contributed by atoms with Crippen LogP contribution in [0.5, 0.6) is 0 Å². The van der Waals surface area contributed by atoms with Gasteiger partial charge in [0.05, 0.1) is 0 Å². The van der Waals surface area contributed by atoms with E-state index in [1.807, 2.05) is 0 Å². The van der Waals surface area contributed by atoms with Gasteiger partial charge >= 0.3 is 174 Å². The van der Waals surface area contributed by atoms with Crippen molar-refractivity contribution in [3.05, 3.63) is 81.2 Å². The van der Waals surface area contributed by atoms with Crippen molar-refractivity contribution in [3.63, 3.8) is 0 Å². The quantitative estimate of drug-likeness (QED) is 0.405. The second kappa shape index (κ2) is 10.2. The fourth-order valence-corrected chi connectivity index (χ4v) is 14.1. The molecule has 2 aromatic carbocycles. The van der Waals surface area contributed by atoms with Crippen LogP contribution in [-0.2, 0) is 16.3 Å². The first-order valence-electron chi connectivity index (χ1n) is 9.98. The fourth-order valence-electron chi connectivity index (χ4n) is 4.33. The number of hydrogen-bond acceptors (Lipinski definition) is 0. The topological polar surface area (TPSA) is 0 Å². The number of hydrogen-bond donors (Lipinski definition) is 0. The molecule has 30 heavy (non-hydrogen) atoms. The zero-order chi connectivity index (χ0) is 19.4. The minimum absolute atomic E-state index is 0. The van der Waals surface area contributed by atoms with Gasteiger partial charge in [0.1, 0.15) is 0 Å². The molecule has 0 saturated heterocycles. The molecule has 2 aromatic rings. The van der Waals surface area contributed by atoms with Gasteiger partial charge in [-0.2, -0.15) is 0 Å². The van der Waals surface area contributed by atoms with E-state index in [0.717, 1.165) is 0 Å². The summed E-state index contributed by atoms with van der Waals surface area (Å²) in [6, 6.07) is 18.3. The van der Waals surface area contributed by atoms with E-state index in [1.165, 1.54) is 11.1 Å². The van der Waals surface area contributed by atoms with Crippen molar-refractivity contribution in [2.45, 2.75) is 48.5 Å². The largest absolute Gasteiger partial charge is 1.00 e. The van der Waals surface area contributed by atoms with Crippen molar-refractivity contribution < 1.29 is 53.5 Å². The molecule has 0 N–H and O–H groups in total. The molecule has 2 unspecified atom stereocenters. The van der Waals surface area contributed by atoms with Gasteiger partial charge in [0.2, 0.25) is 0 Å². The van der Waals surface area contributed by atoms with Crippen LogP contribution in [0.2, 0.25) is 39.3 Å². The first kappa shape index (κ1) is 27.8. The van der Waals surface area contributed by atoms with Gasteiger partial charge in [-0.25, -0.2) is 0 Å². The molecule has 0 bridgehead atoms. The van der Waals surface area contributed by atoms with Gasteiger partial charge in [-0.1, -0.05) is 0 Å². The minimum Gasteiger partial charge on any atom is -1.00 e. The second-order valence-corrected chi connectivity index (χ2v) is 22.1. The zero-order valence-electron chi connectivity index (χ0n) is 18.5. The molecule has 0 aliphatic heterocycles. The molecule has 160 valence electrons. The summed E-state index contributed by atoms with van der Waals surface area (Å²) in [5.41, 5.74) is 6.18. The van der Waals surface area contributed by atoms with E-state index in [-0.39, 0.29) is 53.5 Å². The summed E-state index contributed by atoms with van der Waals surface area (Å²) in [5, 5.41) is 3.56. The minimum atomic E-state index is -1.34. The molecule has 2 atom stereocenters. The molecule has 0 amide bonds. The summed E-state index contributed by atoms with van der Waals surface area (Å²) in [6.45, 7) is 15.1. The van der Waals surface area contributed by atoms with Crippen LogP contribution in [0.4, 0.5) is 0 Å². The maximum atomic E-state index is 2.56. The third kappa shape index (κ3) is 5.23. The average Bonchev–Trinajstić information content (AvgIpc) is 3.14. The Balaban J connectivity index is 0.00000150. The molecule has 0 nitrogen and oxygen atoms in total. The molecular weight excluding hydrogens is 502 g/mol. The molecule has 0 aromatic heterocycles. The van der Waals surface area contributed by atoms with Crippen LogP contribution in [0.1, 0.15) is 31.5 Å². The van der Waals surface area contributed by atoms with Gasteiger partial charge in [-0.05, 0) is 0 Å². The predicted octanol–water partition coefficient (Wildman–Crippen LogP) is -1.89. The summed E-state index contributed by atoms with van der Waals surface area (Å²) in [6.07, 6.45) is 5.11. The standard InChI is InChI=1S/2C12H15Si.3ClH.V/c2*1-13(2,3)12-8-10-6-4-5-7-11(10)9-12;;;;/h2*4-9H,1-3H3;3*1H;/q;;;;;+3/p-3. The van der Waals surface area contributed by atoms with Crippen molar-refractivity contribution >= 4 is 28.3 Å². The maximum Gasteiger partial charge on any atom is -1.00 e. The van der Waals surface area contributed by atoms with Gasteiger partial charge in [0.15, 0.2) is 0 Å². The Bertz CT molecular complexity index is 878. The molecule has 0 radical (unpaired) electrons. The Morgan fingerprint density at radius 3 is 1.23 bits per heavy atom. The van der Waals surface area contributed by atoms with Crippen molar-refractivity contribution in [1.82, 2.24) is 0 Å². The number of benzene rings is 2. The Morgan fingerprint density at radius 1 is 0.567 bits per heavy atom. The molecule has 2 aliphatic rings. The van der Waals surface area contributed by atoms with Gasteiger partial charge in [-0.15, -0.1) is 0 Å². The third-order valence-corrected chi connectivity index (χ3v) is 13.6. The Morgan fingerprint density at radius 2 is 0.900 bits per heavy atom. The maximum absolute atomic E-state index is 2.56. The predicted molar refractivity (Wildman–Crippen MR) is 121 cm³/mol. The Kier molecular flexibility index (Phi) is 9.44. The molecule has 0 fully saturated rings. The van der Waals surface area contributed by atoms with Crippen LogP contribution in [0.15, 0.2) is 58.9 Å². The van der Waals surface area contributed by atoms with Crippen LogP contribution in [0.25, 0.3) is 12.2 Å². The van der Waals surface area contributed by atoms with Crippen LogP contribution < -0.4 is 37.2 Å². The average molecular weight is 532 g/mol. The van der Waals surface area contributed by atoms with Crippen molar-refractivity contribution in [1.29, 1.82) is 0 Å². The Labute approximate surface area is 210 Å². The number of fused-ring (bicyclic) bond motifs is 2. The van der Waals surface area contributed by atoms with E-state index >= 15 is 0 Å². The molecule has 4 rings (SSSR count). The summed E-state index contributed by atoms with van der Waals surface area (Å²) in [5.74, 6) is 0. The van der Waals surface area contributed by atoms with Gasteiger partial charge < -0.3 is 37.2 Å². The first-order valence-corrected chi connectivity index (χ1v) is 18.6. The van der Waals surface area contributed by atoms with Gasteiger partial charge in [0, 0.05) is 0 Å². The fraction of sp³-hybridized carbons (Fsp3) is 0.333. The van der Waals surface area contributed by atoms with Crippen LogP contribution in [0, 0.1) is 0 Å². The molecule has 2 aliphatic carbocycles. The number of rotatable bonds is 4. The van der Waals surface area contributed by atoms with Crippen molar-refractivity contribution in [3.8, 4) is 0 Å². The SMILES string of the molecule is C[Si](C)(C)C1=Cc2ccccc2[CH]1[V+3][CH]1C([Si](C)(C)C)=Cc2ccccc21.[Cl-].[Cl-].[Cl-]. The van der Waals surface area contributed by atoms with E-state index in [9.17, 15) is 0 Å². The smallest absolute Gasteiger partial charge is 1.00 e. The van der Waals surface area contributed by atoms with Gasteiger partial charge in [-0.3, -0.25) is 0 Å². The third-order valence-electron chi connectivity index (χ3n) is 5.82. The molecular formula is C24H30Cl3Si2V. The molecule has 0 spiro atoms. The Hall–Kier alpha value is -0.192.